The lowest BCUT2D eigenvalue weighted by Gasteiger charge is -2.33. The van der Waals surface area contributed by atoms with Crippen LogP contribution in [0.5, 0.6) is 0 Å². The Morgan fingerprint density at radius 3 is 1.93 bits per heavy atom. The van der Waals surface area contributed by atoms with Gasteiger partial charge in [-0.25, -0.2) is 0 Å². The molecular formula is C23H30N2O2. The van der Waals surface area contributed by atoms with E-state index in [4.69, 9.17) is 0 Å². The van der Waals surface area contributed by atoms with Gasteiger partial charge in [0.25, 0.3) is 0 Å². The number of rotatable bonds is 7. The van der Waals surface area contributed by atoms with Gasteiger partial charge < -0.3 is 10.2 Å². The summed E-state index contributed by atoms with van der Waals surface area (Å²) in [5.41, 5.74) is 1.69. The number of carbonyl (C=O) groups excluding carboxylic acids is 2. The Bertz CT molecular complexity index is 736. The third-order valence-electron chi connectivity index (χ3n) is 4.27. The normalized spacial score (nSPS) is 12.3. The second-order valence-electron chi connectivity index (χ2n) is 7.81. The Balaban J connectivity index is 2.35. The van der Waals surface area contributed by atoms with Gasteiger partial charge in [-0.1, -0.05) is 67.6 Å². The van der Waals surface area contributed by atoms with E-state index in [1.54, 1.807) is 4.90 Å². The molecule has 2 rings (SSSR count). The molecule has 2 aromatic rings. The highest BCUT2D eigenvalue weighted by Gasteiger charge is 2.31. The monoisotopic (exact) mass is 366 g/mol. The van der Waals surface area contributed by atoms with E-state index in [0.717, 1.165) is 11.1 Å². The van der Waals surface area contributed by atoms with Crippen molar-refractivity contribution in [1.82, 2.24) is 10.2 Å². The van der Waals surface area contributed by atoms with E-state index in [0.29, 0.717) is 19.4 Å². The van der Waals surface area contributed by atoms with Crippen molar-refractivity contribution in [2.45, 2.75) is 58.7 Å². The molecule has 0 aliphatic carbocycles. The van der Waals surface area contributed by atoms with Crippen LogP contribution in [-0.2, 0) is 22.6 Å². The quantitative estimate of drug-likeness (QED) is 0.806. The van der Waals surface area contributed by atoms with E-state index < -0.39 is 6.04 Å². The molecule has 2 amide bonds. The lowest BCUT2D eigenvalue weighted by Crippen LogP contribution is -2.54. The molecule has 4 nitrogen and oxygen atoms in total. The highest BCUT2D eigenvalue weighted by atomic mass is 16.2. The van der Waals surface area contributed by atoms with Gasteiger partial charge >= 0.3 is 0 Å². The zero-order valence-corrected chi connectivity index (χ0v) is 16.7. The maximum atomic E-state index is 13.1. The van der Waals surface area contributed by atoms with Crippen molar-refractivity contribution in [1.29, 1.82) is 0 Å². The molecule has 0 saturated carbocycles. The van der Waals surface area contributed by atoms with Crippen molar-refractivity contribution in [3.63, 3.8) is 0 Å². The number of hydrogen-bond acceptors (Lipinski definition) is 2. The topological polar surface area (TPSA) is 49.4 Å². The van der Waals surface area contributed by atoms with Crippen LogP contribution in [-0.4, -0.2) is 28.3 Å². The van der Waals surface area contributed by atoms with Gasteiger partial charge in [0.2, 0.25) is 11.8 Å². The number of carbonyl (C=O) groups is 2. The lowest BCUT2D eigenvalue weighted by atomic mass is 10.0. The van der Waals surface area contributed by atoms with Crippen molar-refractivity contribution in [2.24, 2.45) is 0 Å². The fourth-order valence-electron chi connectivity index (χ4n) is 2.99. The Morgan fingerprint density at radius 1 is 0.926 bits per heavy atom. The first-order chi connectivity index (χ1) is 12.8. The van der Waals surface area contributed by atoms with Crippen molar-refractivity contribution >= 4 is 11.8 Å². The van der Waals surface area contributed by atoms with Gasteiger partial charge in [-0.15, -0.1) is 0 Å². The van der Waals surface area contributed by atoms with Crippen LogP contribution in [0.2, 0.25) is 0 Å². The van der Waals surface area contributed by atoms with Gasteiger partial charge in [-0.05, 0) is 31.9 Å². The summed E-state index contributed by atoms with van der Waals surface area (Å²) in [4.78, 5) is 27.6. The molecule has 2 aromatic carbocycles. The van der Waals surface area contributed by atoms with Crippen LogP contribution in [0, 0.1) is 0 Å². The molecule has 1 unspecified atom stereocenters. The Kier molecular flexibility index (Phi) is 7.17. The third kappa shape index (κ3) is 6.55. The van der Waals surface area contributed by atoms with Crippen molar-refractivity contribution in [3.8, 4) is 0 Å². The molecule has 0 fully saturated rings. The second kappa shape index (κ2) is 9.36. The van der Waals surface area contributed by atoms with Crippen LogP contribution in [0.15, 0.2) is 60.7 Å². The van der Waals surface area contributed by atoms with E-state index >= 15 is 0 Å². The van der Waals surface area contributed by atoms with Crippen LogP contribution in [0.1, 0.15) is 45.2 Å². The van der Waals surface area contributed by atoms with E-state index in [2.05, 4.69) is 5.32 Å². The molecule has 27 heavy (non-hydrogen) atoms. The summed E-state index contributed by atoms with van der Waals surface area (Å²) in [6, 6.07) is 19.1. The van der Waals surface area contributed by atoms with E-state index in [1.807, 2.05) is 88.4 Å². The summed E-state index contributed by atoms with van der Waals surface area (Å²) in [5, 5.41) is 3.05. The SMILES string of the molecule is CCC(=O)N(Cc1ccccc1)C(Cc1ccccc1)C(=O)NC(C)(C)C. The van der Waals surface area contributed by atoms with Crippen LogP contribution in [0.4, 0.5) is 0 Å². The molecule has 4 heteroatoms. The van der Waals surface area contributed by atoms with Gasteiger partial charge in [-0.2, -0.15) is 0 Å². The number of amides is 2. The number of hydrogen-bond donors (Lipinski definition) is 1. The molecule has 1 atom stereocenters. The first-order valence-electron chi connectivity index (χ1n) is 9.49. The fraction of sp³-hybridized carbons (Fsp3) is 0.391. The summed E-state index contributed by atoms with van der Waals surface area (Å²) in [5.74, 6) is -0.145. The van der Waals surface area contributed by atoms with E-state index in [1.165, 1.54) is 0 Å². The number of nitrogens with one attached hydrogen (secondary N) is 1. The van der Waals surface area contributed by atoms with Crippen molar-refractivity contribution in [3.05, 3.63) is 71.8 Å². The Morgan fingerprint density at radius 2 is 1.44 bits per heavy atom. The standard InChI is InChI=1S/C23H30N2O2/c1-5-21(26)25(17-19-14-10-7-11-15-19)20(22(27)24-23(2,3)4)16-18-12-8-6-9-13-18/h6-15,20H,5,16-17H2,1-4H3,(H,24,27). The Hall–Kier alpha value is -2.62. The molecule has 0 spiro atoms. The zero-order chi connectivity index (χ0) is 19.9. The summed E-state index contributed by atoms with van der Waals surface area (Å²) < 4.78 is 0. The summed E-state index contributed by atoms with van der Waals surface area (Å²) in [6.45, 7) is 8.11. The molecule has 1 N–H and O–H groups in total. The molecule has 0 aliphatic heterocycles. The average Bonchev–Trinajstić information content (AvgIpc) is 2.64. The molecule has 0 aromatic heterocycles. The van der Waals surface area contributed by atoms with Crippen LogP contribution >= 0.6 is 0 Å². The largest absolute Gasteiger partial charge is 0.350 e. The fourth-order valence-corrected chi connectivity index (χ4v) is 2.99. The van der Waals surface area contributed by atoms with Crippen LogP contribution in [0.25, 0.3) is 0 Å². The highest BCUT2D eigenvalue weighted by Crippen LogP contribution is 2.16. The van der Waals surface area contributed by atoms with Crippen molar-refractivity contribution < 1.29 is 9.59 Å². The third-order valence-corrected chi connectivity index (χ3v) is 4.27. The predicted molar refractivity (Wildman–Crippen MR) is 109 cm³/mol. The van der Waals surface area contributed by atoms with Crippen molar-refractivity contribution in [2.75, 3.05) is 0 Å². The second-order valence-corrected chi connectivity index (χ2v) is 7.81. The zero-order valence-electron chi connectivity index (χ0n) is 16.7. The minimum Gasteiger partial charge on any atom is -0.350 e. The first kappa shape index (κ1) is 20.7. The lowest BCUT2D eigenvalue weighted by molar-refractivity contribution is -0.141. The maximum Gasteiger partial charge on any atom is 0.243 e. The molecule has 0 heterocycles. The summed E-state index contributed by atoms with van der Waals surface area (Å²) >= 11 is 0. The molecule has 0 saturated heterocycles. The first-order valence-corrected chi connectivity index (χ1v) is 9.49. The van der Waals surface area contributed by atoms with Gasteiger partial charge in [-0.3, -0.25) is 9.59 Å². The van der Waals surface area contributed by atoms with Crippen LogP contribution < -0.4 is 5.32 Å². The molecule has 0 aliphatic rings. The smallest absolute Gasteiger partial charge is 0.243 e. The minimum absolute atomic E-state index is 0.0242. The van der Waals surface area contributed by atoms with Gasteiger partial charge in [0, 0.05) is 24.9 Å². The highest BCUT2D eigenvalue weighted by molar-refractivity contribution is 5.88. The maximum absolute atomic E-state index is 13.1. The molecule has 144 valence electrons. The van der Waals surface area contributed by atoms with Gasteiger partial charge in [0.1, 0.15) is 6.04 Å². The van der Waals surface area contributed by atoms with Gasteiger partial charge in [0.05, 0.1) is 0 Å². The summed E-state index contributed by atoms with van der Waals surface area (Å²) in [6.07, 6.45) is 0.849. The molecular weight excluding hydrogens is 336 g/mol. The number of benzene rings is 2. The van der Waals surface area contributed by atoms with Gasteiger partial charge in [0.15, 0.2) is 0 Å². The van der Waals surface area contributed by atoms with Crippen LogP contribution in [0.3, 0.4) is 0 Å². The van der Waals surface area contributed by atoms with E-state index in [-0.39, 0.29) is 17.4 Å². The molecule has 0 radical (unpaired) electrons. The molecule has 0 bridgehead atoms. The number of nitrogens with zero attached hydrogens (tertiary/aromatic N) is 1. The predicted octanol–water partition coefficient (Wildman–Crippen LogP) is 3.95. The Labute approximate surface area is 162 Å². The average molecular weight is 367 g/mol. The summed E-state index contributed by atoms with van der Waals surface area (Å²) in [7, 11) is 0. The minimum atomic E-state index is -0.556. The van der Waals surface area contributed by atoms with E-state index in [9.17, 15) is 9.59 Å².